The smallest absolute Gasteiger partial charge is 0.101 e. The standard InChI is InChI=1S/C5H14NO.C4H6N2/c1-6(2,3)4-5-7;1-6-3-2-5-4-6/h7H,4-5H2,1-3H3;2-4H,1H3/q+1;. The summed E-state index contributed by atoms with van der Waals surface area (Å²) in [7, 11) is 8.09. The van der Waals surface area contributed by atoms with Crippen molar-refractivity contribution >= 4 is 0 Å². The molecule has 1 N–H and O–H groups in total. The summed E-state index contributed by atoms with van der Waals surface area (Å²) in [6, 6.07) is 0. The van der Waals surface area contributed by atoms with E-state index in [1.54, 1.807) is 12.5 Å². The van der Waals surface area contributed by atoms with Crippen LogP contribution in [0, 0.1) is 0 Å². The highest BCUT2D eigenvalue weighted by atomic mass is 16.3. The maximum absolute atomic E-state index is 8.39. The molecule has 4 nitrogen and oxygen atoms in total. The van der Waals surface area contributed by atoms with Gasteiger partial charge in [-0.15, -0.1) is 0 Å². The average Bonchev–Trinajstić information content (AvgIpc) is 2.38. The van der Waals surface area contributed by atoms with Gasteiger partial charge in [-0.2, -0.15) is 0 Å². The third-order valence-electron chi connectivity index (χ3n) is 1.41. The van der Waals surface area contributed by atoms with Crippen molar-refractivity contribution in [2.45, 2.75) is 0 Å². The zero-order valence-electron chi connectivity index (χ0n) is 8.94. The number of nitrogens with zero attached hydrogens (tertiary/aromatic N) is 3. The third kappa shape index (κ3) is 9.04. The lowest BCUT2D eigenvalue weighted by molar-refractivity contribution is -0.870. The van der Waals surface area contributed by atoms with Gasteiger partial charge in [-0.1, -0.05) is 0 Å². The number of rotatable bonds is 2. The quantitative estimate of drug-likeness (QED) is 0.665. The number of aliphatic hydroxyl groups excluding tert-OH is 1. The first-order chi connectivity index (χ1) is 5.95. The van der Waals surface area contributed by atoms with Crippen LogP contribution in [0.5, 0.6) is 0 Å². The molecule has 0 atom stereocenters. The van der Waals surface area contributed by atoms with E-state index in [0.29, 0.717) is 0 Å². The van der Waals surface area contributed by atoms with Gasteiger partial charge in [0.2, 0.25) is 0 Å². The van der Waals surface area contributed by atoms with Crippen molar-refractivity contribution in [2.75, 3.05) is 34.3 Å². The minimum Gasteiger partial charge on any atom is -0.391 e. The Balaban J connectivity index is 0.000000223. The van der Waals surface area contributed by atoms with Crippen molar-refractivity contribution in [3.8, 4) is 0 Å². The molecule has 0 bridgehead atoms. The molecule has 0 radical (unpaired) electrons. The van der Waals surface area contributed by atoms with Crippen molar-refractivity contribution in [3.05, 3.63) is 18.7 Å². The SMILES string of the molecule is C[N+](C)(C)CCO.Cn1ccnc1. The first-order valence-corrected chi connectivity index (χ1v) is 4.29. The van der Waals surface area contributed by atoms with E-state index in [4.69, 9.17) is 5.11 Å². The molecule has 1 heterocycles. The molecule has 0 aromatic carbocycles. The van der Waals surface area contributed by atoms with E-state index in [2.05, 4.69) is 26.1 Å². The van der Waals surface area contributed by atoms with E-state index in [-0.39, 0.29) is 6.61 Å². The van der Waals surface area contributed by atoms with Crippen molar-refractivity contribution in [2.24, 2.45) is 7.05 Å². The van der Waals surface area contributed by atoms with Gasteiger partial charge in [-0.25, -0.2) is 4.98 Å². The van der Waals surface area contributed by atoms with Crippen LogP contribution in [0.2, 0.25) is 0 Å². The van der Waals surface area contributed by atoms with Gasteiger partial charge >= 0.3 is 0 Å². The first-order valence-electron chi connectivity index (χ1n) is 4.29. The van der Waals surface area contributed by atoms with E-state index in [1.807, 2.05) is 17.8 Å². The molecule has 76 valence electrons. The molecule has 4 heteroatoms. The number of aromatic nitrogens is 2. The molecule has 1 aromatic rings. The van der Waals surface area contributed by atoms with Crippen LogP contribution < -0.4 is 0 Å². The summed E-state index contributed by atoms with van der Waals surface area (Å²) in [6.45, 7) is 1.11. The molecule has 0 saturated carbocycles. The molecule has 0 aliphatic rings. The van der Waals surface area contributed by atoms with Crippen molar-refractivity contribution in [1.82, 2.24) is 9.55 Å². The second kappa shape index (κ2) is 5.72. The van der Waals surface area contributed by atoms with Crippen LogP contribution in [-0.4, -0.2) is 53.4 Å². The summed E-state index contributed by atoms with van der Waals surface area (Å²) in [5, 5.41) is 8.39. The van der Waals surface area contributed by atoms with Crippen LogP contribution in [0.1, 0.15) is 0 Å². The van der Waals surface area contributed by atoms with E-state index >= 15 is 0 Å². The Morgan fingerprint density at radius 1 is 1.38 bits per heavy atom. The number of hydrogen-bond acceptors (Lipinski definition) is 2. The molecule has 0 amide bonds. The highest BCUT2D eigenvalue weighted by Crippen LogP contribution is 1.84. The monoisotopic (exact) mass is 186 g/mol. The third-order valence-corrected chi connectivity index (χ3v) is 1.41. The lowest BCUT2D eigenvalue weighted by Gasteiger charge is -2.21. The molecular formula is C9H20N3O+. The topological polar surface area (TPSA) is 38.0 Å². The Kier molecular flexibility index (Phi) is 5.34. The fourth-order valence-corrected chi connectivity index (χ4v) is 0.626. The van der Waals surface area contributed by atoms with E-state index in [9.17, 15) is 0 Å². The largest absolute Gasteiger partial charge is 0.391 e. The Morgan fingerprint density at radius 2 is 2.00 bits per heavy atom. The van der Waals surface area contributed by atoms with Gasteiger partial charge in [0.15, 0.2) is 0 Å². The van der Waals surface area contributed by atoms with Crippen molar-refractivity contribution in [1.29, 1.82) is 0 Å². The number of imidazole rings is 1. The van der Waals surface area contributed by atoms with Gasteiger partial charge in [0, 0.05) is 19.4 Å². The number of aliphatic hydroxyl groups is 1. The molecule has 0 spiro atoms. The fourth-order valence-electron chi connectivity index (χ4n) is 0.626. The van der Waals surface area contributed by atoms with Crippen LogP contribution in [0.3, 0.4) is 0 Å². The summed E-state index contributed by atoms with van der Waals surface area (Å²) in [5.41, 5.74) is 0. The maximum Gasteiger partial charge on any atom is 0.101 e. The van der Waals surface area contributed by atoms with Crippen LogP contribution >= 0.6 is 0 Å². The molecule has 0 fully saturated rings. The van der Waals surface area contributed by atoms with Crippen molar-refractivity contribution < 1.29 is 9.59 Å². The zero-order valence-corrected chi connectivity index (χ0v) is 8.94. The summed E-state index contributed by atoms with van der Waals surface area (Å²) >= 11 is 0. The van der Waals surface area contributed by atoms with E-state index in [0.717, 1.165) is 11.0 Å². The van der Waals surface area contributed by atoms with Crippen LogP contribution in [-0.2, 0) is 7.05 Å². The molecule has 0 unspecified atom stereocenters. The van der Waals surface area contributed by atoms with E-state index < -0.39 is 0 Å². The van der Waals surface area contributed by atoms with Gasteiger partial charge in [-0.3, -0.25) is 0 Å². The molecule has 0 saturated heterocycles. The normalized spacial score (nSPS) is 10.5. The zero-order chi connectivity index (χ0) is 10.3. The Hall–Kier alpha value is -0.870. The molecular weight excluding hydrogens is 166 g/mol. The summed E-state index contributed by atoms with van der Waals surface area (Å²) in [5.74, 6) is 0. The number of quaternary nitrogens is 1. The summed E-state index contributed by atoms with van der Waals surface area (Å²) < 4.78 is 2.73. The van der Waals surface area contributed by atoms with Gasteiger partial charge in [0.05, 0.1) is 34.1 Å². The second-order valence-corrected chi connectivity index (χ2v) is 3.97. The summed E-state index contributed by atoms with van der Waals surface area (Å²) in [4.78, 5) is 3.78. The van der Waals surface area contributed by atoms with Crippen molar-refractivity contribution in [3.63, 3.8) is 0 Å². The molecule has 1 aromatic heterocycles. The predicted molar refractivity (Wildman–Crippen MR) is 53.2 cm³/mol. The number of aryl methyl sites for hydroxylation is 1. The minimum atomic E-state index is 0.281. The van der Waals surface area contributed by atoms with Gasteiger partial charge in [-0.05, 0) is 0 Å². The number of likely N-dealkylation sites (N-methyl/N-ethyl adjacent to an activating group) is 1. The summed E-state index contributed by atoms with van der Waals surface area (Å²) in [6.07, 6.45) is 5.39. The second-order valence-electron chi connectivity index (χ2n) is 3.97. The van der Waals surface area contributed by atoms with Gasteiger partial charge < -0.3 is 14.2 Å². The lowest BCUT2D eigenvalue weighted by atomic mass is 10.5. The maximum atomic E-state index is 8.39. The highest BCUT2D eigenvalue weighted by molar-refractivity contribution is 4.70. The van der Waals surface area contributed by atoms with Crippen LogP contribution in [0.25, 0.3) is 0 Å². The first kappa shape index (κ1) is 12.1. The predicted octanol–water partition coefficient (Wildman–Crippen LogP) is 0.105. The van der Waals surface area contributed by atoms with E-state index in [1.165, 1.54) is 0 Å². The van der Waals surface area contributed by atoms with Gasteiger partial charge in [0.1, 0.15) is 6.54 Å². The fraction of sp³-hybridized carbons (Fsp3) is 0.667. The Bertz CT molecular complexity index is 201. The van der Waals surface area contributed by atoms with Crippen LogP contribution in [0.4, 0.5) is 0 Å². The molecule has 0 aliphatic heterocycles. The average molecular weight is 186 g/mol. The highest BCUT2D eigenvalue weighted by Gasteiger charge is 2.02. The molecule has 1 rings (SSSR count). The van der Waals surface area contributed by atoms with Crippen LogP contribution in [0.15, 0.2) is 18.7 Å². The van der Waals surface area contributed by atoms with Gasteiger partial charge in [0.25, 0.3) is 0 Å². The lowest BCUT2D eigenvalue weighted by Crippen LogP contribution is -2.36. The minimum absolute atomic E-state index is 0.281. The Labute approximate surface area is 80.0 Å². The molecule has 0 aliphatic carbocycles. The number of hydrogen-bond donors (Lipinski definition) is 1. The Morgan fingerprint density at radius 3 is 2.08 bits per heavy atom. The molecule has 13 heavy (non-hydrogen) atoms.